The van der Waals surface area contributed by atoms with Gasteiger partial charge in [0.25, 0.3) is 0 Å². The Labute approximate surface area is 102 Å². The minimum Gasteiger partial charge on any atom is -0.446 e. The molecule has 90 valence electrons. The van der Waals surface area contributed by atoms with Gasteiger partial charge in [0.05, 0.1) is 5.41 Å². The van der Waals surface area contributed by atoms with Crippen molar-refractivity contribution < 1.29 is 9.53 Å². The van der Waals surface area contributed by atoms with E-state index in [0.717, 1.165) is 37.0 Å². The third-order valence-electron chi connectivity index (χ3n) is 4.74. The van der Waals surface area contributed by atoms with Crippen molar-refractivity contribution in [1.29, 1.82) is 0 Å². The average Bonchev–Trinajstić information content (AvgIpc) is 2.13. The average molecular weight is 243 g/mol. The lowest BCUT2D eigenvalue weighted by atomic mass is 9.49. The molecule has 1 atom stereocenters. The molecule has 4 aliphatic carbocycles. The van der Waals surface area contributed by atoms with Gasteiger partial charge in [-0.2, -0.15) is 0 Å². The quantitative estimate of drug-likeness (QED) is 0.549. The maximum absolute atomic E-state index is 12.2. The van der Waals surface area contributed by atoms with Gasteiger partial charge in [-0.3, -0.25) is 4.79 Å². The van der Waals surface area contributed by atoms with Crippen LogP contribution in [0.2, 0.25) is 0 Å². The van der Waals surface area contributed by atoms with Crippen LogP contribution in [-0.4, -0.2) is 11.5 Å². The Kier molecular flexibility index (Phi) is 2.47. The second-order valence-corrected chi connectivity index (χ2v) is 6.76. The maximum atomic E-state index is 12.2. The molecule has 3 heteroatoms. The van der Waals surface area contributed by atoms with Crippen LogP contribution in [0, 0.1) is 23.2 Å². The number of alkyl halides is 1. The van der Waals surface area contributed by atoms with Crippen molar-refractivity contribution in [1.82, 2.24) is 0 Å². The maximum Gasteiger partial charge on any atom is 0.313 e. The highest BCUT2D eigenvalue weighted by atomic mass is 35.5. The van der Waals surface area contributed by atoms with E-state index in [-0.39, 0.29) is 11.4 Å². The van der Waals surface area contributed by atoms with Crippen LogP contribution in [0.15, 0.2) is 0 Å². The summed E-state index contributed by atoms with van der Waals surface area (Å²) < 4.78 is 5.26. The van der Waals surface area contributed by atoms with E-state index in [0.29, 0.717) is 0 Å². The number of rotatable bonds is 2. The molecule has 2 nitrogen and oxygen atoms in total. The summed E-state index contributed by atoms with van der Waals surface area (Å²) in [6, 6.07) is 0. The molecule has 4 bridgehead atoms. The van der Waals surface area contributed by atoms with Gasteiger partial charge in [0.2, 0.25) is 0 Å². The largest absolute Gasteiger partial charge is 0.446 e. The summed E-state index contributed by atoms with van der Waals surface area (Å²) in [6.07, 6.45) is 7.22. The van der Waals surface area contributed by atoms with Crippen molar-refractivity contribution in [2.24, 2.45) is 23.2 Å². The fraction of sp³-hybridized carbons (Fsp3) is 0.923. The Hall–Kier alpha value is -0.240. The molecule has 4 fully saturated rings. The Morgan fingerprint density at radius 2 is 1.62 bits per heavy atom. The molecule has 0 heterocycles. The number of hydrogen-bond donors (Lipinski definition) is 0. The number of carbonyl (C=O) groups excluding carboxylic acids is 1. The topological polar surface area (TPSA) is 26.3 Å². The lowest BCUT2D eigenvalue weighted by Crippen LogP contribution is -2.50. The molecule has 0 saturated heterocycles. The number of halogens is 1. The van der Waals surface area contributed by atoms with Gasteiger partial charge in [-0.1, -0.05) is 11.6 Å². The predicted octanol–water partition coefficient (Wildman–Crippen LogP) is 3.33. The van der Waals surface area contributed by atoms with Gasteiger partial charge >= 0.3 is 5.97 Å². The molecule has 0 unspecified atom stereocenters. The van der Waals surface area contributed by atoms with E-state index in [1.807, 2.05) is 0 Å². The molecule has 4 saturated carbocycles. The first kappa shape index (κ1) is 10.9. The van der Waals surface area contributed by atoms with Crippen LogP contribution < -0.4 is 0 Å². The van der Waals surface area contributed by atoms with Crippen molar-refractivity contribution in [2.75, 3.05) is 0 Å². The Bertz CT molecular complexity index is 276. The lowest BCUT2D eigenvalue weighted by Gasteiger charge is -2.55. The van der Waals surface area contributed by atoms with Crippen LogP contribution in [-0.2, 0) is 9.53 Å². The number of esters is 1. The second kappa shape index (κ2) is 3.63. The number of ether oxygens (including phenoxy) is 1. The van der Waals surface area contributed by atoms with Gasteiger partial charge in [-0.05, 0) is 63.2 Å². The minimum atomic E-state index is -0.486. The first-order valence-electron chi connectivity index (χ1n) is 6.42. The molecule has 0 aromatic carbocycles. The molecule has 4 rings (SSSR count). The van der Waals surface area contributed by atoms with Crippen LogP contribution in [0.4, 0.5) is 0 Å². The molecule has 0 radical (unpaired) electrons. The summed E-state index contributed by atoms with van der Waals surface area (Å²) in [7, 11) is 0. The summed E-state index contributed by atoms with van der Waals surface area (Å²) in [5, 5.41) is 0. The predicted molar refractivity (Wildman–Crippen MR) is 62.0 cm³/mol. The molecule has 0 N–H and O–H groups in total. The van der Waals surface area contributed by atoms with Crippen LogP contribution >= 0.6 is 11.6 Å². The monoisotopic (exact) mass is 242 g/mol. The zero-order chi connectivity index (χ0) is 11.3. The van der Waals surface area contributed by atoms with Gasteiger partial charge in [0, 0.05) is 0 Å². The normalized spacial score (nSPS) is 46.8. The van der Waals surface area contributed by atoms with Crippen molar-refractivity contribution in [2.45, 2.75) is 51.0 Å². The van der Waals surface area contributed by atoms with Crippen LogP contribution in [0.3, 0.4) is 0 Å². The lowest BCUT2D eigenvalue weighted by molar-refractivity contribution is -0.172. The fourth-order valence-corrected chi connectivity index (χ4v) is 4.71. The Morgan fingerprint density at radius 1 is 1.19 bits per heavy atom. The summed E-state index contributed by atoms with van der Waals surface area (Å²) in [4.78, 5) is 12.2. The van der Waals surface area contributed by atoms with E-state index in [1.165, 1.54) is 19.3 Å². The molecule has 0 aliphatic heterocycles. The fourth-order valence-electron chi connectivity index (χ4n) is 4.63. The van der Waals surface area contributed by atoms with E-state index in [9.17, 15) is 4.79 Å². The van der Waals surface area contributed by atoms with E-state index in [4.69, 9.17) is 16.3 Å². The van der Waals surface area contributed by atoms with Crippen LogP contribution in [0.25, 0.3) is 0 Å². The zero-order valence-corrected chi connectivity index (χ0v) is 10.5. The van der Waals surface area contributed by atoms with Crippen LogP contribution in [0.1, 0.15) is 45.4 Å². The number of hydrogen-bond acceptors (Lipinski definition) is 2. The highest BCUT2D eigenvalue weighted by Crippen LogP contribution is 2.60. The van der Waals surface area contributed by atoms with Crippen LogP contribution in [0.5, 0.6) is 0 Å². The molecule has 0 aromatic rings. The Balaban J connectivity index is 1.80. The molecule has 0 spiro atoms. The molecule has 0 amide bonds. The smallest absolute Gasteiger partial charge is 0.313 e. The van der Waals surface area contributed by atoms with E-state index >= 15 is 0 Å². The summed E-state index contributed by atoms with van der Waals surface area (Å²) in [6.45, 7) is 1.72. The van der Waals surface area contributed by atoms with Gasteiger partial charge in [0.15, 0.2) is 5.56 Å². The summed E-state index contributed by atoms with van der Waals surface area (Å²) in [5.41, 5.74) is -0.641. The molecule has 0 aromatic heterocycles. The van der Waals surface area contributed by atoms with Crippen molar-refractivity contribution in [3.8, 4) is 0 Å². The third-order valence-corrected chi connectivity index (χ3v) is 4.83. The second-order valence-electron chi connectivity index (χ2n) is 6.15. The zero-order valence-electron chi connectivity index (χ0n) is 9.75. The molecule has 16 heavy (non-hydrogen) atoms. The minimum absolute atomic E-state index is 0.0194. The van der Waals surface area contributed by atoms with Crippen molar-refractivity contribution in [3.63, 3.8) is 0 Å². The first-order valence-corrected chi connectivity index (χ1v) is 6.86. The van der Waals surface area contributed by atoms with E-state index < -0.39 is 5.56 Å². The van der Waals surface area contributed by atoms with Gasteiger partial charge in [-0.25, -0.2) is 0 Å². The Morgan fingerprint density at radius 3 is 2.00 bits per heavy atom. The molecular weight excluding hydrogens is 224 g/mol. The SMILES string of the molecule is C[C@@H](Cl)OC(=O)C12CC3CC(CC(C3)C1)C2. The molecule has 4 aliphatic rings. The number of carbonyl (C=O) groups is 1. The van der Waals surface area contributed by atoms with Gasteiger partial charge < -0.3 is 4.74 Å². The standard InChI is InChI=1S/C13H19ClO2/c1-8(14)16-12(15)13-5-9-2-10(6-13)4-11(3-9)7-13/h8-11H,2-7H2,1H3/t8-,9?,10?,11?,13?/m0/s1. The van der Waals surface area contributed by atoms with Gasteiger partial charge in [-0.15, -0.1) is 0 Å². The third kappa shape index (κ3) is 1.66. The summed E-state index contributed by atoms with van der Waals surface area (Å²) >= 11 is 5.77. The van der Waals surface area contributed by atoms with E-state index in [1.54, 1.807) is 6.92 Å². The highest BCUT2D eigenvalue weighted by molar-refractivity contribution is 6.20. The highest BCUT2D eigenvalue weighted by Gasteiger charge is 2.55. The van der Waals surface area contributed by atoms with Crippen molar-refractivity contribution in [3.05, 3.63) is 0 Å². The molecular formula is C13H19ClO2. The van der Waals surface area contributed by atoms with Gasteiger partial charge in [0.1, 0.15) is 0 Å². The first-order chi connectivity index (χ1) is 7.57. The van der Waals surface area contributed by atoms with E-state index in [2.05, 4.69) is 0 Å². The van der Waals surface area contributed by atoms with Crippen molar-refractivity contribution >= 4 is 17.6 Å². The summed E-state index contributed by atoms with van der Waals surface area (Å²) in [5.74, 6) is 2.33.